The molecule has 0 atom stereocenters. The summed E-state index contributed by atoms with van der Waals surface area (Å²) >= 11 is 0. The van der Waals surface area contributed by atoms with Gasteiger partial charge in [0.1, 0.15) is 0 Å². The number of rotatable bonds is 2. The molecule has 0 amide bonds. The van der Waals surface area contributed by atoms with Gasteiger partial charge in [-0.1, -0.05) is 12.2 Å². The van der Waals surface area contributed by atoms with E-state index in [1.165, 1.54) is 22.9 Å². The lowest BCUT2D eigenvalue weighted by Crippen LogP contribution is -2.23. The topological polar surface area (TPSA) is 64.1 Å². The van der Waals surface area contributed by atoms with Gasteiger partial charge in [0.15, 0.2) is 0 Å². The highest BCUT2D eigenvalue weighted by molar-refractivity contribution is 5.56. The van der Waals surface area contributed by atoms with Gasteiger partial charge in [0.05, 0.1) is 5.70 Å². The van der Waals surface area contributed by atoms with Crippen LogP contribution in [0.1, 0.15) is 19.3 Å². The summed E-state index contributed by atoms with van der Waals surface area (Å²) in [4.78, 5) is 0. The van der Waals surface area contributed by atoms with E-state index >= 15 is 0 Å². The summed E-state index contributed by atoms with van der Waals surface area (Å²) in [6.07, 6.45) is 11.5. The molecule has 14 heavy (non-hydrogen) atoms. The molecule has 0 spiro atoms. The van der Waals surface area contributed by atoms with Crippen LogP contribution >= 0.6 is 0 Å². The zero-order chi connectivity index (χ0) is 9.97. The molecule has 0 bridgehead atoms. The molecular formula is C11H15N3. The quantitative estimate of drug-likeness (QED) is 0.452. The first-order chi connectivity index (χ1) is 6.85. The van der Waals surface area contributed by atoms with Gasteiger partial charge < -0.3 is 11.2 Å². The Labute approximate surface area is 83.8 Å². The van der Waals surface area contributed by atoms with Gasteiger partial charge in [-0.05, 0) is 42.1 Å². The summed E-state index contributed by atoms with van der Waals surface area (Å²) in [7, 11) is 0. The summed E-state index contributed by atoms with van der Waals surface area (Å²) in [5.41, 5.74) is 12.8. The van der Waals surface area contributed by atoms with Crippen molar-refractivity contribution < 1.29 is 0 Å². The first kappa shape index (κ1) is 9.09. The largest absolute Gasteiger partial charge is 0.403 e. The Morgan fingerprint density at radius 1 is 1.36 bits per heavy atom. The SMILES string of the molecule is N/C=C(\NN)C1=CC2=CCCC=C2C1. The van der Waals surface area contributed by atoms with Gasteiger partial charge in [0.2, 0.25) is 0 Å². The number of hydrogen-bond donors (Lipinski definition) is 3. The maximum absolute atomic E-state index is 5.47. The Morgan fingerprint density at radius 3 is 2.79 bits per heavy atom. The van der Waals surface area contributed by atoms with Crippen molar-refractivity contribution in [2.24, 2.45) is 11.6 Å². The maximum Gasteiger partial charge on any atom is 0.0675 e. The Bertz CT molecular complexity index is 359. The van der Waals surface area contributed by atoms with E-state index in [1.54, 1.807) is 0 Å². The van der Waals surface area contributed by atoms with Crippen LogP contribution in [-0.4, -0.2) is 0 Å². The molecule has 0 saturated carbocycles. The van der Waals surface area contributed by atoms with Gasteiger partial charge >= 0.3 is 0 Å². The normalized spacial score (nSPS) is 20.9. The molecule has 3 nitrogen and oxygen atoms in total. The summed E-state index contributed by atoms with van der Waals surface area (Å²) in [6, 6.07) is 0. The molecule has 5 N–H and O–H groups in total. The van der Waals surface area contributed by atoms with Crippen LogP contribution in [0, 0.1) is 0 Å². The van der Waals surface area contributed by atoms with E-state index in [4.69, 9.17) is 11.6 Å². The van der Waals surface area contributed by atoms with Gasteiger partial charge in [-0.25, -0.2) is 0 Å². The Morgan fingerprint density at radius 2 is 2.14 bits per heavy atom. The van der Waals surface area contributed by atoms with Crippen molar-refractivity contribution in [2.75, 3.05) is 0 Å². The van der Waals surface area contributed by atoms with E-state index in [0.29, 0.717) is 0 Å². The second kappa shape index (κ2) is 3.72. The minimum Gasteiger partial charge on any atom is -0.403 e. The maximum atomic E-state index is 5.47. The molecular weight excluding hydrogens is 174 g/mol. The van der Waals surface area contributed by atoms with Gasteiger partial charge in [-0.3, -0.25) is 5.84 Å². The molecule has 0 aromatic heterocycles. The molecule has 0 fully saturated rings. The molecule has 0 aliphatic heterocycles. The molecule has 0 aromatic rings. The van der Waals surface area contributed by atoms with Crippen molar-refractivity contribution in [1.29, 1.82) is 0 Å². The smallest absolute Gasteiger partial charge is 0.0675 e. The fourth-order valence-electron chi connectivity index (χ4n) is 1.94. The molecule has 0 heterocycles. The highest BCUT2D eigenvalue weighted by Crippen LogP contribution is 2.35. The number of nitrogens with one attached hydrogen (secondary N) is 1. The molecule has 2 rings (SSSR count). The molecule has 2 aliphatic rings. The first-order valence-electron chi connectivity index (χ1n) is 4.84. The molecule has 0 aromatic carbocycles. The summed E-state index contributed by atoms with van der Waals surface area (Å²) < 4.78 is 0. The average molecular weight is 189 g/mol. The van der Waals surface area contributed by atoms with Crippen LogP contribution < -0.4 is 17.0 Å². The number of nitrogens with two attached hydrogens (primary N) is 2. The van der Waals surface area contributed by atoms with E-state index in [1.807, 2.05) is 0 Å². The predicted octanol–water partition coefficient (Wildman–Crippen LogP) is 1.23. The Balaban J connectivity index is 2.26. The predicted molar refractivity (Wildman–Crippen MR) is 57.7 cm³/mol. The monoisotopic (exact) mass is 189 g/mol. The molecule has 3 heteroatoms. The summed E-state index contributed by atoms with van der Waals surface area (Å²) in [5.74, 6) is 5.37. The van der Waals surface area contributed by atoms with Crippen molar-refractivity contribution in [3.05, 3.63) is 46.8 Å². The minimum absolute atomic E-state index is 0.821. The fourth-order valence-corrected chi connectivity index (χ4v) is 1.94. The van der Waals surface area contributed by atoms with Crippen LogP contribution in [0.4, 0.5) is 0 Å². The molecule has 0 radical (unpaired) electrons. The van der Waals surface area contributed by atoms with Crippen molar-refractivity contribution in [3.8, 4) is 0 Å². The number of hydrazine groups is 1. The van der Waals surface area contributed by atoms with Gasteiger partial charge in [-0.15, -0.1) is 0 Å². The second-order valence-corrected chi connectivity index (χ2v) is 3.54. The summed E-state index contributed by atoms with van der Waals surface area (Å²) in [6.45, 7) is 0. The Kier molecular flexibility index (Phi) is 2.41. The zero-order valence-electron chi connectivity index (χ0n) is 8.09. The third-order valence-electron chi connectivity index (χ3n) is 2.67. The minimum atomic E-state index is 0.821. The van der Waals surface area contributed by atoms with Crippen LogP contribution in [0.25, 0.3) is 0 Å². The highest BCUT2D eigenvalue weighted by Gasteiger charge is 2.18. The van der Waals surface area contributed by atoms with Crippen molar-refractivity contribution in [3.63, 3.8) is 0 Å². The average Bonchev–Trinajstić information content (AvgIpc) is 2.63. The number of fused-ring (bicyclic) bond motifs is 1. The van der Waals surface area contributed by atoms with Crippen LogP contribution in [0.3, 0.4) is 0 Å². The number of hydrogen-bond acceptors (Lipinski definition) is 3. The van der Waals surface area contributed by atoms with Crippen LogP contribution in [-0.2, 0) is 0 Å². The third kappa shape index (κ3) is 1.46. The molecule has 0 unspecified atom stereocenters. The Hall–Kier alpha value is -1.48. The number of allylic oxidation sites excluding steroid dienone is 6. The first-order valence-corrected chi connectivity index (χ1v) is 4.84. The van der Waals surface area contributed by atoms with E-state index in [-0.39, 0.29) is 0 Å². The van der Waals surface area contributed by atoms with E-state index in [2.05, 4.69) is 23.7 Å². The highest BCUT2D eigenvalue weighted by atomic mass is 15.2. The van der Waals surface area contributed by atoms with Gasteiger partial charge in [0, 0.05) is 6.20 Å². The standard InChI is InChI=1S/C11H15N3/c12-7-11(14-13)10-5-8-3-1-2-4-9(8)6-10/h3-5,7,14H,1-2,6,12-13H2/b11-7-. The van der Waals surface area contributed by atoms with Gasteiger partial charge in [0.25, 0.3) is 0 Å². The lowest BCUT2D eigenvalue weighted by molar-refractivity contribution is 0.878. The van der Waals surface area contributed by atoms with Crippen LogP contribution in [0.5, 0.6) is 0 Å². The lowest BCUT2D eigenvalue weighted by atomic mass is 10.0. The molecule has 0 saturated heterocycles. The molecule has 74 valence electrons. The van der Waals surface area contributed by atoms with Crippen molar-refractivity contribution >= 4 is 0 Å². The van der Waals surface area contributed by atoms with Crippen molar-refractivity contribution in [2.45, 2.75) is 19.3 Å². The van der Waals surface area contributed by atoms with Gasteiger partial charge in [-0.2, -0.15) is 0 Å². The van der Waals surface area contributed by atoms with Crippen LogP contribution in [0.2, 0.25) is 0 Å². The lowest BCUT2D eigenvalue weighted by Gasteiger charge is -2.07. The second-order valence-electron chi connectivity index (χ2n) is 3.54. The third-order valence-corrected chi connectivity index (χ3v) is 2.67. The fraction of sp³-hybridized carbons (Fsp3) is 0.273. The summed E-state index contributed by atoms with van der Waals surface area (Å²) in [5, 5.41) is 0. The van der Waals surface area contributed by atoms with Crippen LogP contribution in [0.15, 0.2) is 46.8 Å². The molecule has 2 aliphatic carbocycles. The van der Waals surface area contributed by atoms with E-state index in [9.17, 15) is 0 Å². The zero-order valence-corrected chi connectivity index (χ0v) is 8.09. The van der Waals surface area contributed by atoms with Crippen molar-refractivity contribution in [1.82, 2.24) is 5.43 Å². The van der Waals surface area contributed by atoms with E-state index < -0.39 is 0 Å². The van der Waals surface area contributed by atoms with E-state index in [0.717, 1.165) is 25.0 Å².